The lowest BCUT2D eigenvalue weighted by molar-refractivity contribution is -0.138. The van der Waals surface area contributed by atoms with Gasteiger partial charge in [-0.25, -0.2) is 0 Å². The zero-order valence-corrected chi connectivity index (χ0v) is 16.2. The molecule has 0 saturated carbocycles. The maximum Gasteiger partial charge on any atom is 0.320 e. The molecule has 0 heterocycles. The Labute approximate surface area is 154 Å². The van der Waals surface area contributed by atoms with E-state index in [9.17, 15) is 9.59 Å². The van der Waals surface area contributed by atoms with Crippen LogP contribution in [0.1, 0.15) is 103 Å². The van der Waals surface area contributed by atoms with Crippen LogP contribution in [0.25, 0.3) is 0 Å². The van der Waals surface area contributed by atoms with Gasteiger partial charge in [-0.15, -0.1) is 0 Å². The summed E-state index contributed by atoms with van der Waals surface area (Å²) in [5.74, 6) is -0.848. The number of unbranched alkanes of at least 4 members (excludes halogenated alkanes) is 11. The van der Waals surface area contributed by atoms with E-state index in [4.69, 9.17) is 10.8 Å². The predicted molar refractivity (Wildman–Crippen MR) is 104 cm³/mol. The van der Waals surface area contributed by atoms with Crippen LogP contribution in [0.2, 0.25) is 0 Å². The highest BCUT2D eigenvalue weighted by Crippen LogP contribution is 2.11. The standard InChI is InChI=1S/C20H40N2O3/c1-2-3-4-5-6-7-8-9-10-11-12-16-19(23)22-17-14-13-15-18(21)20(24)25/h18H,2-17,21H2,1H3,(H,22,23)(H,24,25). The molecule has 0 bridgehead atoms. The lowest BCUT2D eigenvalue weighted by Gasteiger charge is -2.07. The second-order valence-electron chi connectivity index (χ2n) is 7.08. The van der Waals surface area contributed by atoms with Gasteiger partial charge in [0.2, 0.25) is 5.91 Å². The van der Waals surface area contributed by atoms with Gasteiger partial charge >= 0.3 is 5.97 Å². The molecule has 0 aliphatic carbocycles. The highest BCUT2D eigenvalue weighted by atomic mass is 16.4. The number of carboxylic acids is 1. The molecule has 1 unspecified atom stereocenters. The quantitative estimate of drug-likeness (QED) is 0.318. The first-order valence-corrected chi connectivity index (χ1v) is 10.3. The van der Waals surface area contributed by atoms with E-state index in [0.717, 1.165) is 25.7 Å². The summed E-state index contributed by atoms with van der Waals surface area (Å²) in [7, 11) is 0. The number of carboxylic acid groups (broad SMARTS) is 1. The maximum atomic E-state index is 11.7. The predicted octanol–water partition coefficient (Wildman–Crippen LogP) is 4.39. The van der Waals surface area contributed by atoms with E-state index < -0.39 is 12.0 Å². The molecule has 148 valence electrons. The molecule has 0 aliphatic rings. The molecule has 0 radical (unpaired) electrons. The van der Waals surface area contributed by atoms with Gasteiger partial charge in [0.1, 0.15) is 6.04 Å². The first kappa shape index (κ1) is 23.9. The molecule has 0 spiro atoms. The third-order valence-corrected chi connectivity index (χ3v) is 4.59. The van der Waals surface area contributed by atoms with Crippen molar-refractivity contribution in [3.05, 3.63) is 0 Å². The lowest BCUT2D eigenvalue weighted by atomic mass is 10.1. The van der Waals surface area contributed by atoms with Crippen molar-refractivity contribution < 1.29 is 14.7 Å². The van der Waals surface area contributed by atoms with Crippen molar-refractivity contribution in [2.24, 2.45) is 5.73 Å². The van der Waals surface area contributed by atoms with Gasteiger partial charge < -0.3 is 16.2 Å². The van der Waals surface area contributed by atoms with Crippen molar-refractivity contribution in [3.8, 4) is 0 Å². The molecule has 1 amide bonds. The lowest BCUT2D eigenvalue weighted by Crippen LogP contribution is -2.30. The smallest absolute Gasteiger partial charge is 0.320 e. The fraction of sp³-hybridized carbons (Fsp3) is 0.900. The highest BCUT2D eigenvalue weighted by Gasteiger charge is 2.10. The minimum absolute atomic E-state index is 0.110. The molecule has 0 aliphatic heterocycles. The van der Waals surface area contributed by atoms with Crippen LogP contribution in [0.4, 0.5) is 0 Å². The number of nitrogens with one attached hydrogen (secondary N) is 1. The van der Waals surface area contributed by atoms with Crippen LogP contribution in [0.5, 0.6) is 0 Å². The molecule has 0 rings (SSSR count). The van der Waals surface area contributed by atoms with Crippen molar-refractivity contribution >= 4 is 11.9 Å². The molecule has 5 nitrogen and oxygen atoms in total. The maximum absolute atomic E-state index is 11.7. The molecule has 0 aromatic rings. The fourth-order valence-electron chi connectivity index (χ4n) is 2.88. The zero-order chi connectivity index (χ0) is 18.8. The molecule has 0 aromatic heterocycles. The van der Waals surface area contributed by atoms with Crippen LogP contribution < -0.4 is 11.1 Å². The highest BCUT2D eigenvalue weighted by molar-refractivity contribution is 5.75. The van der Waals surface area contributed by atoms with Crippen molar-refractivity contribution in [3.63, 3.8) is 0 Å². The van der Waals surface area contributed by atoms with Crippen LogP contribution >= 0.6 is 0 Å². The van der Waals surface area contributed by atoms with Gasteiger partial charge in [-0.2, -0.15) is 0 Å². The van der Waals surface area contributed by atoms with Gasteiger partial charge in [-0.1, -0.05) is 71.1 Å². The summed E-state index contributed by atoms with van der Waals surface area (Å²) >= 11 is 0. The van der Waals surface area contributed by atoms with E-state index in [1.54, 1.807) is 0 Å². The van der Waals surface area contributed by atoms with E-state index >= 15 is 0 Å². The Bertz CT molecular complexity index is 335. The first-order chi connectivity index (χ1) is 12.1. The number of amides is 1. The average Bonchev–Trinajstić information content (AvgIpc) is 2.59. The molecular formula is C20H40N2O3. The van der Waals surface area contributed by atoms with Crippen LogP contribution in [0.3, 0.4) is 0 Å². The topological polar surface area (TPSA) is 92.4 Å². The fourth-order valence-corrected chi connectivity index (χ4v) is 2.88. The van der Waals surface area contributed by atoms with Crippen molar-refractivity contribution in [1.29, 1.82) is 0 Å². The minimum Gasteiger partial charge on any atom is -0.480 e. The van der Waals surface area contributed by atoms with Crippen molar-refractivity contribution in [1.82, 2.24) is 5.32 Å². The summed E-state index contributed by atoms with van der Waals surface area (Å²) in [6.45, 7) is 2.86. The van der Waals surface area contributed by atoms with Crippen molar-refractivity contribution in [2.75, 3.05) is 6.54 Å². The second-order valence-corrected chi connectivity index (χ2v) is 7.08. The van der Waals surface area contributed by atoms with Crippen LogP contribution in [-0.4, -0.2) is 29.6 Å². The Hall–Kier alpha value is -1.10. The van der Waals surface area contributed by atoms with Gasteiger partial charge in [-0.05, 0) is 25.7 Å². The number of nitrogens with two attached hydrogens (primary N) is 1. The van der Waals surface area contributed by atoms with E-state index in [-0.39, 0.29) is 5.91 Å². The summed E-state index contributed by atoms with van der Waals surface area (Å²) in [5.41, 5.74) is 5.42. The summed E-state index contributed by atoms with van der Waals surface area (Å²) < 4.78 is 0. The summed E-state index contributed by atoms with van der Waals surface area (Å²) in [5, 5.41) is 11.6. The number of carbonyl (C=O) groups is 2. The molecule has 5 heteroatoms. The molecular weight excluding hydrogens is 316 g/mol. The summed E-state index contributed by atoms with van der Waals surface area (Å²) in [6.07, 6.45) is 16.7. The number of aliphatic carboxylic acids is 1. The SMILES string of the molecule is CCCCCCCCCCCCCC(=O)NCCCCC(N)C(=O)O. The van der Waals surface area contributed by atoms with Gasteiger partial charge in [0, 0.05) is 13.0 Å². The van der Waals surface area contributed by atoms with Crippen LogP contribution in [-0.2, 0) is 9.59 Å². The molecule has 0 saturated heterocycles. The van der Waals surface area contributed by atoms with Gasteiger partial charge in [-0.3, -0.25) is 9.59 Å². The molecule has 0 fully saturated rings. The average molecular weight is 357 g/mol. The Morgan fingerprint density at radius 2 is 1.36 bits per heavy atom. The van der Waals surface area contributed by atoms with Gasteiger partial charge in [0.25, 0.3) is 0 Å². The van der Waals surface area contributed by atoms with E-state index in [1.807, 2.05) is 0 Å². The van der Waals surface area contributed by atoms with Crippen molar-refractivity contribution in [2.45, 2.75) is 109 Å². The Morgan fingerprint density at radius 1 is 0.840 bits per heavy atom. The molecule has 4 N–H and O–H groups in total. The largest absolute Gasteiger partial charge is 0.480 e. The minimum atomic E-state index is -0.958. The number of hydrogen-bond acceptors (Lipinski definition) is 3. The van der Waals surface area contributed by atoms with E-state index in [1.165, 1.54) is 57.8 Å². The summed E-state index contributed by atoms with van der Waals surface area (Å²) in [6, 6.07) is -0.785. The third-order valence-electron chi connectivity index (χ3n) is 4.59. The zero-order valence-electron chi connectivity index (χ0n) is 16.2. The van der Waals surface area contributed by atoms with Crippen LogP contribution in [0.15, 0.2) is 0 Å². The van der Waals surface area contributed by atoms with E-state index in [2.05, 4.69) is 12.2 Å². The molecule has 0 aromatic carbocycles. The number of carbonyl (C=O) groups excluding carboxylic acids is 1. The third kappa shape index (κ3) is 17.5. The molecule has 25 heavy (non-hydrogen) atoms. The Balaban J connectivity index is 3.24. The second kappa shape index (κ2) is 17.7. The number of rotatable bonds is 18. The van der Waals surface area contributed by atoms with E-state index in [0.29, 0.717) is 19.4 Å². The van der Waals surface area contributed by atoms with Gasteiger partial charge in [0.15, 0.2) is 0 Å². The first-order valence-electron chi connectivity index (χ1n) is 10.3. The number of hydrogen-bond donors (Lipinski definition) is 3. The normalized spacial score (nSPS) is 12.1. The van der Waals surface area contributed by atoms with Gasteiger partial charge in [0.05, 0.1) is 0 Å². The monoisotopic (exact) mass is 356 g/mol. The summed E-state index contributed by atoms with van der Waals surface area (Å²) in [4.78, 5) is 22.2. The van der Waals surface area contributed by atoms with Crippen LogP contribution in [0, 0.1) is 0 Å². The molecule has 1 atom stereocenters. The Morgan fingerprint density at radius 3 is 1.88 bits per heavy atom. The Kier molecular flexibility index (Phi) is 16.9.